The van der Waals surface area contributed by atoms with Crippen molar-refractivity contribution >= 4 is 11.6 Å². The molecule has 3 nitrogen and oxygen atoms in total. The summed E-state index contributed by atoms with van der Waals surface area (Å²) in [7, 11) is 0. The number of aromatic nitrogens is 2. The smallest absolute Gasteiger partial charge is 0.147 e. The Bertz CT molecular complexity index is 337. The third-order valence-corrected chi connectivity index (χ3v) is 3.42. The normalized spacial score (nSPS) is 21.9. The van der Waals surface area contributed by atoms with Crippen molar-refractivity contribution in [2.24, 2.45) is 5.92 Å². The highest BCUT2D eigenvalue weighted by Gasteiger charge is 2.27. The van der Waals surface area contributed by atoms with Gasteiger partial charge in [-0.15, -0.1) is 0 Å². The number of hydrogen-bond donors (Lipinski definition) is 0. The van der Waals surface area contributed by atoms with E-state index in [2.05, 4.69) is 28.7 Å². The second-order valence-electron chi connectivity index (χ2n) is 4.75. The summed E-state index contributed by atoms with van der Waals surface area (Å²) in [4.78, 5) is 10.9. The first-order valence-corrected chi connectivity index (χ1v) is 6.25. The Kier molecular flexibility index (Phi) is 3.77. The van der Waals surface area contributed by atoms with Gasteiger partial charge in [-0.05, 0) is 25.3 Å². The average Bonchev–Trinajstić information content (AvgIpc) is 2.69. The molecule has 4 heteroatoms. The van der Waals surface area contributed by atoms with Crippen molar-refractivity contribution in [1.82, 2.24) is 14.9 Å². The molecule has 0 saturated carbocycles. The van der Waals surface area contributed by atoms with Crippen LogP contribution in [-0.2, 0) is 6.54 Å². The topological polar surface area (TPSA) is 29.0 Å². The first-order valence-electron chi connectivity index (χ1n) is 5.87. The Labute approximate surface area is 102 Å². The van der Waals surface area contributed by atoms with Gasteiger partial charge in [0.25, 0.3) is 0 Å². The van der Waals surface area contributed by atoms with Gasteiger partial charge in [-0.3, -0.25) is 9.88 Å². The lowest BCUT2D eigenvalue weighted by Crippen LogP contribution is -2.33. The Hall–Kier alpha value is -0.670. The first-order chi connectivity index (χ1) is 7.66. The fourth-order valence-electron chi connectivity index (χ4n) is 2.43. The van der Waals surface area contributed by atoms with Crippen LogP contribution in [0.2, 0.25) is 5.15 Å². The minimum atomic E-state index is 0.464. The molecule has 88 valence electrons. The van der Waals surface area contributed by atoms with Gasteiger partial charge >= 0.3 is 0 Å². The molecule has 0 spiro atoms. The number of nitrogens with zero attached hydrogens (tertiary/aromatic N) is 3. The van der Waals surface area contributed by atoms with Crippen molar-refractivity contribution in [3.63, 3.8) is 0 Å². The third kappa shape index (κ3) is 2.71. The van der Waals surface area contributed by atoms with Gasteiger partial charge in [0.15, 0.2) is 0 Å². The van der Waals surface area contributed by atoms with E-state index >= 15 is 0 Å². The predicted molar refractivity (Wildman–Crippen MR) is 65.3 cm³/mol. The van der Waals surface area contributed by atoms with E-state index in [0.29, 0.717) is 17.1 Å². The highest BCUT2D eigenvalue weighted by atomic mass is 35.5. The van der Waals surface area contributed by atoms with Crippen molar-refractivity contribution in [1.29, 1.82) is 0 Å². The van der Waals surface area contributed by atoms with Crippen molar-refractivity contribution in [2.75, 3.05) is 6.54 Å². The molecular formula is C12H18ClN3. The van der Waals surface area contributed by atoms with E-state index in [9.17, 15) is 0 Å². The molecule has 2 rings (SSSR count). The molecule has 0 bridgehead atoms. The predicted octanol–water partition coefficient (Wildman–Crippen LogP) is 2.75. The number of halogens is 1. The highest BCUT2D eigenvalue weighted by molar-refractivity contribution is 6.29. The van der Waals surface area contributed by atoms with Crippen LogP contribution in [0.5, 0.6) is 0 Å². The molecule has 0 aromatic carbocycles. The zero-order chi connectivity index (χ0) is 11.5. The van der Waals surface area contributed by atoms with Gasteiger partial charge in [-0.1, -0.05) is 25.4 Å². The highest BCUT2D eigenvalue weighted by Crippen LogP contribution is 2.24. The van der Waals surface area contributed by atoms with E-state index in [0.717, 1.165) is 12.2 Å². The second kappa shape index (κ2) is 5.11. The molecule has 16 heavy (non-hydrogen) atoms. The summed E-state index contributed by atoms with van der Waals surface area (Å²) in [6.45, 7) is 6.65. The molecule has 1 fully saturated rings. The lowest BCUT2D eigenvalue weighted by atomic mass is 10.0. The van der Waals surface area contributed by atoms with Crippen LogP contribution in [0, 0.1) is 5.92 Å². The summed E-state index contributed by atoms with van der Waals surface area (Å²) in [5, 5.41) is 0.464. The lowest BCUT2D eigenvalue weighted by Gasteiger charge is -2.26. The Morgan fingerprint density at radius 1 is 1.44 bits per heavy atom. The average molecular weight is 240 g/mol. The molecule has 0 aliphatic carbocycles. The summed E-state index contributed by atoms with van der Waals surface area (Å²) >= 11 is 5.72. The molecule has 0 N–H and O–H groups in total. The molecule has 0 radical (unpaired) electrons. The maximum absolute atomic E-state index is 5.72. The van der Waals surface area contributed by atoms with Crippen LogP contribution in [-0.4, -0.2) is 27.5 Å². The quantitative estimate of drug-likeness (QED) is 0.812. The number of hydrogen-bond acceptors (Lipinski definition) is 3. The standard InChI is InChI=1S/C12H18ClN3/c1-9(2)11-4-3-5-16(11)8-10-6-15-12(13)7-14-10/h6-7,9,11H,3-5,8H2,1-2H3. The Morgan fingerprint density at radius 2 is 2.25 bits per heavy atom. The van der Waals surface area contributed by atoms with Crippen LogP contribution in [0.1, 0.15) is 32.4 Å². The maximum atomic E-state index is 5.72. The summed E-state index contributed by atoms with van der Waals surface area (Å²) in [6, 6.07) is 0.692. The third-order valence-electron chi connectivity index (χ3n) is 3.22. The van der Waals surface area contributed by atoms with Gasteiger partial charge in [0, 0.05) is 12.6 Å². The molecule has 2 heterocycles. The first kappa shape index (κ1) is 11.8. The molecule has 1 aliphatic heterocycles. The monoisotopic (exact) mass is 239 g/mol. The fraction of sp³-hybridized carbons (Fsp3) is 0.667. The van der Waals surface area contributed by atoms with Crippen LogP contribution in [0.4, 0.5) is 0 Å². The van der Waals surface area contributed by atoms with Crippen molar-refractivity contribution < 1.29 is 0 Å². The van der Waals surface area contributed by atoms with Crippen LogP contribution in [0.3, 0.4) is 0 Å². The van der Waals surface area contributed by atoms with Crippen LogP contribution in [0.25, 0.3) is 0 Å². The minimum Gasteiger partial charge on any atom is -0.294 e. The van der Waals surface area contributed by atoms with Crippen LogP contribution in [0.15, 0.2) is 12.4 Å². The van der Waals surface area contributed by atoms with Gasteiger partial charge in [-0.2, -0.15) is 0 Å². The second-order valence-corrected chi connectivity index (χ2v) is 5.14. The van der Waals surface area contributed by atoms with Crippen LogP contribution < -0.4 is 0 Å². The van der Waals surface area contributed by atoms with Crippen molar-refractivity contribution in [3.8, 4) is 0 Å². The van der Waals surface area contributed by atoms with E-state index in [-0.39, 0.29) is 0 Å². The van der Waals surface area contributed by atoms with Crippen molar-refractivity contribution in [3.05, 3.63) is 23.2 Å². The molecule has 0 amide bonds. The molecule has 1 atom stereocenters. The molecule has 1 saturated heterocycles. The van der Waals surface area contributed by atoms with Gasteiger partial charge in [0.05, 0.1) is 18.1 Å². The summed E-state index contributed by atoms with van der Waals surface area (Å²) < 4.78 is 0. The zero-order valence-corrected chi connectivity index (χ0v) is 10.6. The van der Waals surface area contributed by atoms with E-state index in [1.165, 1.54) is 19.4 Å². The van der Waals surface area contributed by atoms with Crippen molar-refractivity contribution in [2.45, 2.75) is 39.3 Å². The number of rotatable bonds is 3. The van der Waals surface area contributed by atoms with E-state index in [1.807, 2.05) is 0 Å². The van der Waals surface area contributed by atoms with E-state index in [1.54, 1.807) is 12.4 Å². The van der Waals surface area contributed by atoms with Gasteiger partial charge in [-0.25, -0.2) is 4.98 Å². The molecule has 1 unspecified atom stereocenters. The lowest BCUT2D eigenvalue weighted by molar-refractivity contribution is 0.196. The Balaban J connectivity index is 2.01. The summed E-state index contributed by atoms with van der Waals surface area (Å²) in [6.07, 6.45) is 6.00. The largest absolute Gasteiger partial charge is 0.294 e. The van der Waals surface area contributed by atoms with Crippen LogP contribution >= 0.6 is 11.6 Å². The fourth-order valence-corrected chi connectivity index (χ4v) is 2.53. The van der Waals surface area contributed by atoms with Gasteiger partial charge in [0.1, 0.15) is 5.15 Å². The Morgan fingerprint density at radius 3 is 2.88 bits per heavy atom. The SMILES string of the molecule is CC(C)C1CCCN1Cc1cnc(Cl)cn1. The van der Waals surface area contributed by atoms with Gasteiger partial charge < -0.3 is 0 Å². The zero-order valence-electron chi connectivity index (χ0n) is 9.86. The molecule has 1 aromatic heterocycles. The minimum absolute atomic E-state index is 0.464. The van der Waals surface area contributed by atoms with E-state index < -0.39 is 0 Å². The maximum Gasteiger partial charge on any atom is 0.147 e. The summed E-state index contributed by atoms with van der Waals surface area (Å²) in [5.41, 5.74) is 1.01. The molecular weight excluding hydrogens is 222 g/mol. The number of likely N-dealkylation sites (tertiary alicyclic amines) is 1. The molecule has 1 aliphatic rings. The van der Waals surface area contributed by atoms with Gasteiger partial charge in [0.2, 0.25) is 0 Å². The van der Waals surface area contributed by atoms with E-state index in [4.69, 9.17) is 11.6 Å². The molecule has 1 aromatic rings. The summed E-state index contributed by atoms with van der Waals surface area (Å²) in [5.74, 6) is 0.711.